The fraction of sp³-hybridized carbons (Fsp3) is 0.438. The van der Waals surface area contributed by atoms with Gasteiger partial charge in [-0.15, -0.1) is 0 Å². The smallest absolute Gasteiger partial charge is 0.0663 e. The quantitative estimate of drug-likeness (QED) is 0.895. The molecule has 2 unspecified atom stereocenters. The minimum absolute atomic E-state index is 0.177. The molecule has 2 aromatic rings. The van der Waals surface area contributed by atoms with Crippen molar-refractivity contribution in [3.8, 4) is 0 Å². The number of benzene rings is 1. The topological polar surface area (TPSA) is 38.1 Å². The molecular weight excluding hydrogens is 236 g/mol. The summed E-state index contributed by atoms with van der Waals surface area (Å²) in [5.41, 5.74) is 3.29. The molecule has 1 heterocycles. The molecule has 0 fully saturated rings. The summed E-state index contributed by atoms with van der Waals surface area (Å²) in [6, 6.07) is 12.3. The van der Waals surface area contributed by atoms with Crippen LogP contribution in [0.15, 0.2) is 36.4 Å². The van der Waals surface area contributed by atoms with Gasteiger partial charge in [0, 0.05) is 25.1 Å². The highest BCUT2D eigenvalue weighted by molar-refractivity contribution is 5.21. The lowest BCUT2D eigenvalue weighted by Gasteiger charge is -2.22. The van der Waals surface area contributed by atoms with E-state index >= 15 is 0 Å². The maximum absolute atomic E-state index is 10.5. The lowest BCUT2D eigenvalue weighted by atomic mass is 9.88. The molecule has 1 N–H and O–H groups in total. The zero-order valence-electron chi connectivity index (χ0n) is 11.9. The summed E-state index contributed by atoms with van der Waals surface area (Å²) in [6.07, 6.45) is 1.20. The third kappa shape index (κ3) is 3.24. The molecule has 0 saturated heterocycles. The molecule has 1 aromatic heterocycles. The van der Waals surface area contributed by atoms with E-state index in [0.29, 0.717) is 6.42 Å². The first-order valence-electron chi connectivity index (χ1n) is 6.84. The minimum Gasteiger partial charge on any atom is -0.392 e. The monoisotopic (exact) mass is 258 g/mol. The lowest BCUT2D eigenvalue weighted by molar-refractivity contribution is 0.138. The Bertz CT molecular complexity index is 519. The van der Waals surface area contributed by atoms with Crippen LogP contribution in [-0.4, -0.2) is 21.0 Å². The largest absolute Gasteiger partial charge is 0.392 e. The van der Waals surface area contributed by atoms with Gasteiger partial charge in [0.05, 0.1) is 11.8 Å². The SMILES string of the molecule is CCC(c1ccccc1)C(O)Cc1cc(C)nn1C. The summed E-state index contributed by atoms with van der Waals surface area (Å²) in [7, 11) is 1.93. The average Bonchev–Trinajstić information content (AvgIpc) is 2.70. The van der Waals surface area contributed by atoms with Crippen LogP contribution in [0.1, 0.15) is 36.2 Å². The molecule has 0 spiro atoms. The third-order valence-electron chi connectivity index (χ3n) is 3.65. The summed E-state index contributed by atoms with van der Waals surface area (Å²) >= 11 is 0. The predicted octanol–water partition coefficient (Wildman–Crippen LogP) is 2.83. The minimum atomic E-state index is -0.373. The van der Waals surface area contributed by atoms with E-state index in [4.69, 9.17) is 0 Å². The van der Waals surface area contributed by atoms with Crippen molar-refractivity contribution >= 4 is 0 Å². The fourth-order valence-corrected chi connectivity index (χ4v) is 2.64. The molecule has 102 valence electrons. The average molecular weight is 258 g/mol. The second-order valence-electron chi connectivity index (χ2n) is 5.10. The number of hydrogen-bond donors (Lipinski definition) is 1. The molecule has 0 aliphatic rings. The van der Waals surface area contributed by atoms with Gasteiger partial charge in [0.2, 0.25) is 0 Å². The molecule has 0 aliphatic carbocycles. The first-order valence-corrected chi connectivity index (χ1v) is 6.84. The van der Waals surface area contributed by atoms with E-state index in [-0.39, 0.29) is 12.0 Å². The van der Waals surface area contributed by atoms with Crippen LogP contribution < -0.4 is 0 Å². The summed E-state index contributed by atoms with van der Waals surface area (Å²) in [6.45, 7) is 4.10. The van der Waals surface area contributed by atoms with E-state index in [1.165, 1.54) is 5.56 Å². The Morgan fingerprint density at radius 1 is 1.26 bits per heavy atom. The molecule has 0 radical (unpaired) electrons. The number of aryl methyl sites for hydroxylation is 2. The van der Waals surface area contributed by atoms with Gasteiger partial charge in [-0.05, 0) is 25.0 Å². The Balaban J connectivity index is 2.13. The van der Waals surface area contributed by atoms with Crippen LogP contribution in [-0.2, 0) is 13.5 Å². The van der Waals surface area contributed by atoms with E-state index in [1.54, 1.807) is 0 Å². The molecule has 0 amide bonds. The van der Waals surface area contributed by atoms with Crippen molar-refractivity contribution < 1.29 is 5.11 Å². The fourth-order valence-electron chi connectivity index (χ4n) is 2.64. The molecule has 1 aromatic carbocycles. The maximum Gasteiger partial charge on any atom is 0.0663 e. The van der Waals surface area contributed by atoms with Gasteiger partial charge in [0.15, 0.2) is 0 Å². The van der Waals surface area contributed by atoms with Crippen molar-refractivity contribution in [3.63, 3.8) is 0 Å². The number of nitrogens with zero attached hydrogens (tertiary/aromatic N) is 2. The standard InChI is InChI=1S/C16H22N2O/c1-4-15(13-8-6-5-7-9-13)16(19)11-14-10-12(2)17-18(14)3/h5-10,15-16,19H,4,11H2,1-3H3. The maximum atomic E-state index is 10.5. The summed E-state index contributed by atoms with van der Waals surface area (Å²) in [4.78, 5) is 0. The van der Waals surface area contributed by atoms with Gasteiger partial charge >= 0.3 is 0 Å². The van der Waals surface area contributed by atoms with Crippen LogP contribution in [0.3, 0.4) is 0 Å². The third-order valence-corrected chi connectivity index (χ3v) is 3.65. The van der Waals surface area contributed by atoms with Crippen LogP contribution in [0.25, 0.3) is 0 Å². The number of aliphatic hydroxyl groups excluding tert-OH is 1. The Morgan fingerprint density at radius 3 is 2.47 bits per heavy atom. The number of hydrogen-bond acceptors (Lipinski definition) is 2. The molecule has 2 rings (SSSR count). The Hall–Kier alpha value is -1.61. The highest BCUT2D eigenvalue weighted by Crippen LogP contribution is 2.25. The molecule has 3 heteroatoms. The van der Waals surface area contributed by atoms with Crippen molar-refractivity contribution in [2.24, 2.45) is 7.05 Å². The van der Waals surface area contributed by atoms with E-state index in [0.717, 1.165) is 17.8 Å². The highest BCUT2D eigenvalue weighted by atomic mass is 16.3. The first kappa shape index (κ1) is 13.8. The normalized spacial score (nSPS) is 14.3. The van der Waals surface area contributed by atoms with E-state index in [2.05, 4.69) is 24.2 Å². The molecule has 2 atom stereocenters. The van der Waals surface area contributed by atoms with Crippen LogP contribution in [0, 0.1) is 6.92 Å². The Labute approximate surface area is 114 Å². The van der Waals surface area contributed by atoms with Crippen LogP contribution in [0.5, 0.6) is 0 Å². The second-order valence-corrected chi connectivity index (χ2v) is 5.10. The number of aliphatic hydroxyl groups is 1. The van der Waals surface area contributed by atoms with Gasteiger partial charge in [0.1, 0.15) is 0 Å². The van der Waals surface area contributed by atoms with E-state index in [1.807, 2.05) is 42.9 Å². The van der Waals surface area contributed by atoms with Gasteiger partial charge in [-0.1, -0.05) is 37.3 Å². The van der Waals surface area contributed by atoms with Gasteiger partial charge in [-0.25, -0.2) is 0 Å². The zero-order chi connectivity index (χ0) is 13.8. The van der Waals surface area contributed by atoms with Crippen molar-refractivity contribution in [2.45, 2.75) is 38.7 Å². The predicted molar refractivity (Wildman–Crippen MR) is 77.1 cm³/mol. The van der Waals surface area contributed by atoms with Crippen molar-refractivity contribution in [1.29, 1.82) is 0 Å². The van der Waals surface area contributed by atoms with Crippen LogP contribution >= 0.6 is 0 Å². The van der Waals surface area contributed by atoms with Crippen LogP contribution in [0.2, 0.25) is 0 Å². The van der Waals surface area contributed by atoms with Gasteiger partial charge in [-0.2, -0.15) is 5.10 Å². The molecule has 0 saturated carbocycles. The summed E-state index contributed by atoms with van der Waals surface area (Å²) < 4.78 is 1.86. The molecule has 19 heavy (non-hydrogen) atoms. The summed E-state index contributed by atoms with van der Waals surface area (Å²) in [5.74, 6) is 0.177. The Morgan fingerprint density at radius 2 is 1.95 bits per heavy atom. The second kappa shape index (κ2) is 6.02. The van der Waals surface area contributed by atoms with Crippen molar-refractivity contribution in [3.05, 3.63) is 53.3 Å². The molecule has 0 bridgehead atoms. The van der Waals surface area contributed by atoms with E-state index < -0.39 is 0 Å². The van der Waals surface area contributed by atoms with Gasteiger partial charge < -0.3 is 5.11 Å². The lowest BCUT2D eigenvalue weighted by Crippen LogP contribution is -2.22. The highest BCUT2D eigenvalue weighted by Gasteiger charge is 2.20. The summed E-state index contributed by atoms with van der Waals surface area (Å²) in [5, 5.41) is 14.8. The Kier molecular flexibility index (Phi) is 4.38. The van der Waals surface area contributed by atoms with Gasteiger partial charge in [-0.3, -0.25) is 4.68 Å². The van der Waals surface area contributed by atoms with Crippen molar-refractivity contribution in [1.82, 2.24) is 9.78 Å². The molecule has 3 nitrogen and oxygen atoms in total. The van der Waals surface area contributed by atoms with Gasteiger partial charge in [0.25, 0.3) is 0 Å². The number of aromatic nitrogens is 2. The molecular formula is C16H22N2O. The first-order chi connectivity index (χ1) is 9.11. The van der Waals surface area contributed by atoms with Crippen molar-refractivity contribution in [2.75, 3.05) is 0 Å². The number of rotatable bonds is 5. The van der Waals surface area contributed by atoms with Crippen LogP contribution in [0.4, 0.5) is 0 Å². The van der Waals surface area contributed by atoms with E-state index in [9.17, 15) is 5.11 Å². The zero-order valence-corrected chi connectivity index (χ0v) is 11.9. The molecule has 0 aliphatic heterocycles.